The van der Waals surface area contributed by atoms with E-state index in [-0.39, 0.29) is 5.91 Å². The van der Waals surface area contributed by atoms with Crippen LogP contribution < -0.4 is 4.80 Å². The van der Waals surface area contributed by atoms with E-state index < -0.39 is 0 Å². The number of rotatable bonds is 3. The molecule has 0 saturated carbocycles. The first kappa shape index (κ1) is 16.2. The SMILES string of the molecule is C=CCn1c(=NC(=O)c2ccc(Cl)s2)sc2cc(C)c(C)cc21. The van der Waals surface area contributed by atoms with Crippen molar-refractivity contribution >= 4 is 50.4 Å². The fourth-order valence-corrected chi connectivity index (χ4v) is 4.33. The summed E-state index contributed by atoms with van der Waals surface area (Å²) < 4.78 is 3.72. The zero-order valence-corrected chi connectivity index (χ0v) is 15.2. The molecule has 0 saturated heterocycles. The van der Waals surface area contributed by atoms with Gasteiger partial charge in [-0.15, -0.1) is 17.9 Å². The Morgan fingerprint density at radius 1 is 1.30 bits per heavy atom. The van der Waals surface area contributed by atoms with Crippen LogP contribution in [0.3, 0.4) is 0 Å². The van der Waals surface area contributed by atoms with E-state index in [1.165, 1.54) is 33.8 Å². The van der Waals surface area contributed by atoms with Gasteiger partial charge in [-0.2, -0.15) is 4.99 Å². The molecule has 1 amide bonds. The Labute approximate surface area is 147 Å². The third-order valence-corrected chi connectivity index (χ3v) is 5.85. The Hall–Kier alpha value is -1.69. The summed E-state index contributed by atoms with van der Waals surface area (Å²) in [5.74, 6) is -0.264. The van der Waals surface area contributed by atoms with Gasteiger partial charge in [0.2, 0.25) is 0 Å². The van der Waals surface area contributed by atoms with E-state index in [1.807, 2.05) is 10.6 Å². The van der Waals surface area contributed by atoms with Crippen molar-refractivity contribution in [3.8, 4) is 0 Å². The van der Waals surface area contributed by atoms with Crippen molar-refractivity contribution < 1.29 is 4.79 Å². The highest BCUT2D eigenvalue weighted by Crippen LogP contribution is 2.24. The number of aryl methyl sites for hydroxylation is 2. The van der Waals surface area contributed by atoms with Crippen LogP contribution in [0.4, 0.5) is 0 Å². The van der Waals surface area contributed by atoms with Crippen molar-refractivity contribution in [1.29, 1.82) is 0 Å². The predicted octanol–water partition coefficient (Wildman–Crippen LogP) is 4.96. The van der Waals surface area contributed by atoms with E-state index in [1.54, 1.807) is 12.1 Å². The highest BCUT2D eigenvalue weighted by atomic mass is 35.5. The quantitative estimate of drug-likeness (QED) is 0.606. The van der Waals surface area contributed by atoms with Gasteiger partial charge >= 0.3 is 0 Å². The average molecular weight is 363 g/mol. The molecule has 0 fully saturated rings. The molecule has 0 N–H and O–H groups in total. The Kier molecular flexibility index (Phi) is 4.53. The number of thiophene rings is 1. The highest BCUT2D eigenvalue weighted by molar-refractivity contribution is 7.18. The lowest BCUT2D eigenvalue weighted by molar-refractivity contribution is 0.100. The van der Waals surface area contributed by atoms with Crippen LogP contribution in [0.15, 0.2) is 41.9 Å². The fraction of sp³-hybridized carbons (Fsp3) is 0.176. The molecule has 0 radical (unpaired) electrons. The van der Waals surface area contributed by atoms with Crippen LogP contribution in [-0.2, 0) is 6.54 Å². The predicted molar refractivity (Wildman–Crippen MR) is 98.7 cm³/mol. The lowest BCUT2D eigenvalue weighted by atomic mass is 10.1. The van der Waals surface area contributed by atoms with E-state index >= 15 is 0 Å². The van der Waals surface area contributed by atoms with Gasteiger partial charge in [0, 0.05) is 6.54 Å². The first-order chi connectivity index (χ1) is 11.0. The molecule has 6 heteroatoms. The molecule has 2 heterocycles. The van der Waals surface area contributed by atoms with Crippen LogP contribution in [0.1, 0.15) is 20.8 Å². The number of allylic oxidation sites excluding steroid dienone is 1. The first-order valence-electron chi connectivity index (χ1n) is 7.05. The molecule has 0 unspecified atom stereocenters. The number of aromatic nitrogens is 1. The van der Waals surface area contributed by atoms with Gasteiger partial charge in [-0.25, -0.2) is 0 Å². The second kappa shape index (κ2) is 6.43. The Morgan fingerprint density at radius 2 is 2.04 bits per heavy atom. The molecule has 0 aliphatic rings. The van der Waals surface area contributed by atoms with Gasteiger partial charge in [0.1, 0.15) is 0 Å². The minimum absolute atomic E-state index is 0.264. The van der Waals surface area contributed by atoms with Crippen molar-refractivity contribution in [2.75, 3.05) is 0 Å². The largest absolute Gasteiger partial charge is 0.312 e. The van der Waals surface area contributed by atoms with Gasteiger partial charge in [-0.1, -0.05) is 29.0 Å². The molecule has 0 spiro atoms. The molecular formula is C17H15ClN2OS2. The van der Waals surface area contributed by atoms with Crippen molar-refractivity contribution in [3.05, 3.63) is 62.1 Å². The van der Waals surface area contributed by atoms with Gasteiger partial charge < -0.3 is 4.57 Å². The number of hydrogen-bond acceptors (Lipinski definition) is 3. The van der Waals surface area contributed by atoms with Crippen LogP contribution in [-0.4, -0.2) is 10.5 Å². The molecule has 3 nitrogen and oxygen atoms in total. The van der Waals surface area contributed by atoms with Gasteiger partial charge in [0.25, 0.3) is 5.91 Å². The molecule has 2 aromatic heterocycles. The summed E-state index contributed by atoms with van der Waals surface area (Å²) in [5, 5.41) is 0. The molecule has 0 aliphatic carbocycles. The van der Waals surface area contributed by atoms with Crippen LogP contribution in [0.2, 0.25) is 4.34 Å². The monoisotopic (exact) mass is 362 g/mol. The summed E-state index contributed by atoms with van der Waals surface area (Å²) in [7, 11) is 0. The maximum atomic E-state index is 12.3. The summed E-state index contributed by atoms with van der Waals surface area (Å²) in [6, 6.07) is 7.69. The van der Waals surface area contributed by atoms with E-state index in [2.05, 4.69) is 37.6 Å². The van der Waals surface area contributed by atoms with Gasteiger partial charge in [-0.05, 0) is 49.2 Å². The molecule has 23 heavy (non-hydrogen) atoms. The van der Waals surface area contributed by atoms with Gasteiger partial charge in [0.05, 0.1) is 19.4 Å². The number of carbonyl (C=O) groups is 1. The van der Waals surface area contributed by atoms with Crippen LogP contribution in [0, 0.1) is 13.8 Å². The first-order valence-corrected chi connectivity index (χ1v) is 9.06. The van der Waals surface area contributed by atoms with E-state index in [9.17, 15) is 4.79 Å². The normalized spacial score (nSPS) is 12.0. The molecule has 3 rings (SSSR count). The Balaban J connectivity index is 2.19. The van der Waals surface area contributed by atoms with E-state index in [0.717, 1.165) is 10.2 Å². The molecular weight excluding hydrogens is 348 g/mol. The smallest absolute Gasteiger partial charge is 0.289 e. The molecule has 3 aromatic rings. The van der Waals surface area contributed by atoms with Crippen molar-refractivity contribution in [3.63, 3.8) is 0 Å². The fourth-order valence-electron chi connectivity index (χ4n) is 2.28. The lowest BCUT2D eigenvalue weighted by Gasteiger charge is -2.03. The minimum atomic E-state index is -0.264. The standard InChI is InChI=1S/C17H15ClN2OS2/c1-4-7-20-12-8-10(2)11(3)9-14(12)23-17(20)19-16(21)13-5-6-15(18)22-13/h4-6,8-9H,1,7H2,2-3H3. The third-order valence-electron chi connectivity index (χ3n) is 3.59. The summed E-state index contributed by atoms with van der Waals surface area (Å²) >= 11 is 8.66. The molecule has 0 aliphatic heterocycles. The second-order valence-electron chi connectivity index (χ2n) is 5.21. The molecule has 1 aromatic carbocycles. The van der Waals surface area contributed by atoms with Crippen molar-refractivity contribution in [2.45, 2.75) is 20.4 Å². The number of amides is 1. The van der Waals surface area contributed by atoms with Crippen molar-refractivity contribution in [2.24, 2.45) is 4.99 Å². The van der Waals surface area contributed by atoms with Crippen LogP contribution in [0.5, 0.6) is 0 Å². The zero-order valence-electron chi connectivity index (χ0n) is 12.8. The number of fused-ring (bicyclic) bond motifs is 1. The van der Waals surface area contributed by atoms with E-state index in [4.69, 9.17) is 11.6 Å². The summed E-state index contributed by atoms with van der Waals surface area (Å²) in [6.07, 6.45) is 1.81. The summed E-state index contributed by atoms with van der Waals surface area (Å²) in [5.41, 5.74) is 3.53. The molecule has 118 valence electrons. The number of nitrogens with zero attached hydrogens (tertiary/aromatic N) is 2. The number of benzene rings is 1. The van der Waals surface area contributed by atoms with Crippen LogP contribution >= 0.6 is 34.3 Å². The summed E-state index contributed by atoms with van der Waals surface area (Å²) in [4.78, 5) is 17.9. The number of hydrogen-bond donors (Lipinski definition) is 0. The Morgan fingerprint density at radius 3 is 2.70 bits per heavy atom. The maximum Gasteiger partial charge on any atom is 0.289 e. The summed E-state index contributed by atoms with van der Waals surface area (Å²) in [6.45, 7) is 8.59. The molecule has 0 atom stereocenters. The van der Waals surface area contributed by atoms with E-state index in [0.29, 0.717) is 20.6 Å². The number of thiazole rings is 1. The highest BCUT2D eigenvalue weighted by Gasteiger charge is 2.11. The maximum absolute atomic E-state index is 12.3. The van der Waals surface area contributed by atoms with Crippen molar-refractivity contribution in [1.82, 2.24) is 4.57 Å². The zero-order chi connectivity index (χ0) is 16.6. The Bertz CT molecular complexity index is 978. The number of halogens is 1. The van der Waals surface area contributed by atoms with Gasteiger partial charge in [0.15, 0.2) is 4.80 Å². The topological polar surface area (TPSA) is 34.4 Å². The number of carbonyl (C=O) groups excluding carboxylic acids is 1. The van der Waals surface area contributed by atoms with Crippen LogP contribution in [0.25, 0.3) is 10.2 Å². The lowest BCUT2D eigenvalue weighted by Crippen LogP contribution is -2.16. The second-order valence-corrected chi connectivity index (χ2v) is 7.93. The molecule has 0 bridgehead atoms. The minimum Gasteiger partial charge on any atom is -0.312 e. The third kappa shape index (κ3) is 3.17. The van der Waals surface area contributed by atoms with Gasteiger partial charge in [-0.3, -0.25) is 4.79 Å². The average Bonchev–Trinajstić information content (AvgIpc) is 3.06.